The molecule has 1 aromatic heterocycles. The lowest BCUT2D eigenvalue weighted by atomic mass is 10.2. The molecule has 8 heteroatoms. The van der Waals surface area contributed by atoms with Gasteiger partial charge in [0.2, 0.25) is 5.88 Å². The summed E-state index contributed by atoms with van der Waals surface area (Å²) < 4.78 is 51.5. The molecule has 0 fully saturated rings. The SMILES string of the molecule is Cc1cccnc1OCc1c(OC#N)cccc1OC(F)(F)F. The largest absolute Gasteiger partial charge is 0.573 e. The number of hydrogen-bond acceptors (Lipinski definition) is 5. The molecule has 1 heterocycles. The molecule has 0 bridgehead atoms. The van der Waals surface area contributed by atoms with Gasteiger partial charge in [0.05, 0.1) is 5.56 Å². The Morgan fingerprint density at radius 1 is 1.17 bits per heavy atom. The van der Waals surface area contributed by atoms with Crippen molar-refractivity contribution < 1.29 is 27.4 Å². The maximum atomic E-state index is 12.5. The molecular formula is C15H11F3N2O3. The number of nitrogens with zero attached hydrogens (tertiary/aromatic N) is 2. The fourth-order valence-electron chi connectivity index (χ4n) is 1.82. The van der Waals surface area contributed by atoms with Gasteiger partial charge in [-0.15, -0.1) is 18.4 Å². The van der Waals surface area contributed by atoms with Crippen molar-refractivity contribution in [2.75, 3.05) is 0 Å². The van der Waals surface area contributed by atoms with E-state index in [1.54, 1.807) is 19.1 Å². The lowest BCUT2D eigenvalue weighted by Gasteiger charge is -2.15. The van der Waals surface area contributed by atoms with Crippen LogP contribution in [-0.4, -0.2) is 11.3 Å². The molecule has 1 aromatic carbocycles. The molecule has 0 aliphatic heterocycles. The van der Waals surface area contributed by atoms with Gasteiger partial charge in [0.1, 0.15) is 12.4 Å². The fourth-order valence-corrected chi connectivity index (χ4v) is 1.82. The summed E-state index contributed by atoms with van der Waals surface area (Å²) in [7, 11) is 0. The molecule has 0 aliphatic carbocycles. The molecule has 2 aromatic rings. The van der Waals surface area contributed by atoms with E-state index in [1.165, 1.54) is 24.6 Å². The lowest BCUT2D eigenvalue weighted by molar-refractivity contribution is -0.275. The molecule has 5 nitrogen and oxygen atoms in total. The molecular weight excluding hydrogens is 313 g/mol. The topological polar surface area (TPSA) is 64.4 Å². The number of pyridine rings is 1. The van der Waals surface area contributed by atoms with Gasteiger partial charge in [-0.25, -0.2) is 4.98 Å². The summed E-state index contributed by atoms with van der Waals surface area (Å²) in [5.74, 6) is -0.320. The summed E-state index contributed by atoms with van der Waals surface area (Å²) in [6.07, 6.45) is -1.96. The smallest absolute Gasteiger partial charge is 0.472 e. The minimum Gasteiger partial charge on any atom is -0.472 e. The van der Waals surface area contributed by atoms with Gasteiger partial charge in [-0.3, -0.25) is 0 Å². The number of benzene rings is 1. The number of nitriles is 1. The third-order valence-corrected chi connectivity index (χ3v) is 2.79. The van der Waals surface area contributed by atoms with E-state index >= 15 is 0 Å². The van der Waals surface area contributed by atoms with Gasteiger partial charge in [0.15, 0.2) is 5.75 Å². The Morgan fingerprint density at radius 3 is 2.57 bits per heavy atom. The summed E-state index contributed by atoms with van der Waals surface area (Å²) in [6.45, 7) is 1.44. The van der Waals surface area contributed by atoms with E-state index in [1.807, 2.05) is 0 Å². The molecule has 23 heavy (non-hydrogen) atoms. The Labute approximate surface area is 129 Å². The van der Waals surface area contributed by atoms with Crippen LogP contribution in [0.1, 0.15) is 11.1 Å². The second kappa shape index (κ2) is 6.87. The first-order chi connectivity index (χ1) is 10.9. The van der Waals surface area contributed by atoms with Crippen LogP contribution in [0.4, 0.5) is 13.2 Å². The van der Waals surface area contributed by atoms with Crippen molar-refractivity contribution in [1.82, 2.24) is 4.98 Å². The maximum Gasteiger partial charge on any atom is 0.573 e. The fraction of sp³-hybridized carbons (Fsp3) is 0.200. The van der Waals surface area contributed by atoms with Crippen LogP contribution in [0.3, 0.4) is 0 Å². The monoisotopic (exact) mass is 324 g/mol. The normalized spacial score (nSPS) is 10.7. The average molecular weight is 324 g/mol. The third-order valence-electron chi connectivity index (χ3n) is 2.79. The zero-order valence-electron chi connectivity index (χ0n) is 11.9. The molecule has 0 saturated heterocycles. The maximum absolute atomic E-state index is 12.5. The van der Waals surface area contributed by atoms with Gasteiger partial charge in [-0.2, -0.15) is 0 Å². The van der Waals surface area contributed by atoms with Gasteiger partial charge in [-0.05, 0) is 25.1 Å². The highest BCUT2D eigenvalue weighted by Crippen LogP contribution is 2.33. The number of aryl methyl sites for hydroxylation is 1. The van der Waals surface area contributed by atoms with Crippen LogP contribution in [0.15, 0.2) is 36.5 Å². The van der Waals surface area contributed by atoms with Gasteiger partial charge >= 0.3 is 6.36 Å². The summed E-state index contributed by atoms with van der Waals surface area (Å²) in [5, 5.41) is 8.61. The molecule has 0 amide bonds. The van der Waals surface area contributed by atoms with Crippen molar-refractivity contribution in [3.05, 3.63) is 47.7 Å². The van der Waals surface area contributed by atoms with Crippen LogP contribution < -0.4 is 14.2 Å². The number of aromatic nitrogens is 1. The first-order valence-corrected chi connectivity index (χ1v) is 6.38. The Kier molecular flexibility index (Phi) is 4.91. The minimum atomic E-state index is -4.87. The summed E-state index contributed by atoms with van der Waals surface area (Å²) in [6, 6.07) is 7.18. The minimum absolute atomic E-state index is 0.0450. The zero-order chi connectivity index (χ0) is 16.9. The van der Waals surface area contributed by atoms with Crippen molar-refractivity contribution >= 4 is 0 Å². The van der Waals surface area contributed by atoms with Gasteiger partial charge in [0, 0.05) is 11.8 Å². The van der Waals surface area contributed by atoms with Crippen molar-refractivity contribution in [3.8, 4) is 23.6 Å². The van der Waals surface area contributed by atoms with Gasteiger partial charge in [0.25, 0.3) is 6.26 Å². The van der Waals surface area contributed by atoms with Crippen molar-refractivity contribution in [3.63, 3.8) is 0 Å². The molecule has 0 atom stereocenters. The highest BCUT2D eigenvalue weighted by molar-refractivity contribution is 5.45. The third kappa shape index (κ3) is 4.51. The van der Waals surface area contributed by atoms with E-state index in [2.05, 4.69) is 14.5 Å². The van der Waals surface area contributed by atoms with Crippen LogP contribution >= 0.6 is 0 Å². The van der Waals surface area contributed by atoms with Crippen LogP contribution in [0, 0.1) is 18.4 Å². The number of alkyl halides is 3. The molecule has 0 aliphatic rings. The van der Waals surface area contributed by atoms with Crippen molar-refractivity contribution in [2.24, 2.45) is 0 Å². The van der Waals surface area contributed by atoms with E-state index in [-0.39, 0.29) is 23.8 Å². The average Bonchev–Trinajstić information content (AvgIpc) is 2.47. The highest BCUT2D eigenvalue weighted by Gasteiger charge is 2.33. The number of hydrogen-bond donors (Lipinski definition) is 0. The van der Waals surface area contributed by atoms with Crippen molar-refractivity contribution in [1.29, 1.82) is 5.26 Å². The highest BCUT2D eigenvalue weighted by atomic mass is 19.4. The molecule has 0 saturated carbocycles. The lowest BCUT2D eigenvalue weighted by Crippen LogP contribution is -2.18. The van der Waals surface area contributed by atoms with Crippen LogP contribution in [-0.2, 0) is 6.61 Å². The Balaban J connectivity index is 2.30. The first-order valence-electron chi connectivity index (χ1n) is 6.38. The molecule has 2 rings (SSSR count). The Morgan fingerprint density at radius 2 is 1.91 bits per heavy atom. The molecule has 0 N–H and O–H groups in total. The standard InChI is InChI=1S/C15H11F3N2O3/c1-10-4-3-7-20-14(10)21-8-11-12(22-9-19)5-2-6-13(11)23-15(16,17)18/h2-7H,8H2,1H3. The Hall–Kier alpha value is -2.95. The molecule has 120 valence electrons. The first kappa shape index (κ1) is 16.4. The van der Waals surface area contributed by atoms with Gasteiger partial charge < -0.3 is 14.2 Å². The predicted octanol–water partition coefficient (Wildman–Crippen LogP) is 3.73. The number of rotatable bonds is 5. The van der Waals surface area contributed by atoms with E-state index in [0.29, 0.717) is 5.56 Å². The predicted molar refractivity (Wildman–Crippen MR) is 72.7 cm³/mol. The van der Waals surface area contributed by atoms with Crippen LogP contribution in [0.5, 0.6) is 17.4 Å². The van der Waals surface area contributed by atoms with Crippen molar-refractivity contribution in [2.45, 2.75) is 19.9 Å². The van der Waals surface area contributed by atoms with E-state index in [4.69, 9.17) is 10.00 Å². The second-order valence-electron chi connectivity index (χ2n) is 4.39. The van der Waals surface area contributed by atoms with Gasteiger partial charge in [-0.1, -0.05) is 12.1 Å². The quantitative estimate of drug-likeness (QED) is 0.784. The summed E-state index contributed by atoms with van der Waals surface area (Å²) >= 11 is 0. The summed E-state index contributed by atoms with van der Waals surface area (Å²) in [4.78, 5) is 3.98. The van der Waals surface area contributed by atoms with Crippen LogP contribution in [0.25, 0.3) is 0 Å². The number of ether oxygens (including phenoxy) is 3. The van der Waals surface area contributed by atoms with Crippen LogP contribution in [0.2, 0.25) is 0 Å². The second-order valence-corrected chi connectivity index (χ2v) is 4.39. The van der Waals surface area contributed by atoms with E-state index in [9.17, 15) is 13.2 Å². The van der Waals surface area contributed by atoms with E-state index in [0.717, 1.165) is 6.07 Å². The summed E-state index contributed by atoms with van der Waals surface area (Å²) in [5.41, 5.74) is 0.668. The van der Waals surface area contributed by atoms with E-state index < -0.39 is 12.1 Å². The number of halogens is 3. The molecule has 0 unspecified atom stereocenters. The molecule has 0 radical (unpaired) electrons. The zero-order valence-corrected chi connectivity index (χ0v) is 11.9. The molecule has 0 spiro atoms. The Bertz CT molecular complexity index is 727.